The Hall–Kier alpha value is -4.19. The zero-order chi connectivity index (χ0) is 30.9. The minimum absolute atomic E-state index is 0.217. The minimum atomic E-state index is -0.971. The molecular formula is C39H42O5. The summed E-state index contributed by atoms with van der Waals surface area (Å²) in [4.78, 5) is 11.3. The highest BCUT2D eigenvalue weighted by atomic mass is 16.5. The van der Waals surface area contributed by atoms with E-state index in [0.29, 0.717) is 25.4 Å². The van der Waals surface area contributed by atoms with Gasteiger partial charge in [-0.1, -0.05) is 111 Å². The van der Waals surface area contributed by atoms with Crippen molar-refractivity contribution in [1.82, 2.24) is 0 Å². The van der Waals surface area contributed by atoms with E-state index in [9.17, 15) is 9.90 Å². The summed E-state index contributed by atoms with van der Waals surface area (Å²) in [6.07, 6.45) is 7.03. The summed E-state index contributed by atoms with van der Waals surface area (Å²) in [6, 6.07) is 31.7. The number of unbranched alkanes of at least 4 members (excludes halogenated alkanes) is 1. The Labute approximate surface area is 261 Å². The van der Waals surface area contributed by atoms with E-state index in [1.165, 1.54) is 40.5 Å². The van der Waals surface area contributed by atoms with E-state index in [2.05, 4.69) is 92.7 Å². The van der Waals surface area contributed by atoms with Gasteiger partial charge in [0.15, 0.2) is 6.10 Å². The number of methoxy groups -OCH3 is 1. The first-order valence-corrected chi connectivity index (χ1v) is 15.6. The van der Waals surface area contributed by atoms with E-state index in [-0.39, 0.29) is 12.0 Å². The van der Waals surface area contributed by atoms with Crippen molar-refractivity contribution in [2.75, 3.05) is 20.3 Å². The SMILES string of the molecule is CCCCc1ccc2c(c1)C(OCCOc1ccc(CC(OC)C(=O)O)cc1)c1ccc(C(C)c3ccccc3)cc1C=C2. The molecule has 4 aromatic rings. The highest BCUT2D eigenvalue weighted by Gasteiger charge is 2.24. The molecule has 0 saturated carbocycles. The highest BCUT2D eigenvalue weighted by molar-refractivity contribution is 5.77. The Bertz CT molecular complexity index is 1560. The summed E-state index contributed by atoms with van der Waals surface area (Å²) in [5.41, 5.74) is 9.49. The fourth-order valence-corrected chi connectivity index (χ4v) is 5.78. The molecule has 0 fully saturated rings. The van der Waals surface area contributed by atoms with E-state index in [0.717, 1.165) is 30.4 Å². The number of fused-ring (bicyclic) bond motifs is 2. The maximum absolute atomic E-state index is 11.3. The first-order valence-electron chi connectivity index (χ1n) is 15.6. The van der Waals surface area contributed by atoms with Gasteiger partial charge in [-0.05, 0) is 69.5 Å². The average molecular weight is 591 g/mol. The highest BCUT2D eigenvalue weighted by Crippen LogP contribution is 2.38. The lowest BCUT2D eigenvalue weighted by Gasteiger charge is -2.23. The predicted molar refractivity (Wildman–Crippen MR) is 176 cm³/mol. The first-order chi connectivity index (χ1) is 21.5. The number of aliphatic carboxylic acids is 1. The fourth-order valence-electron chi connectivity index (χ4n) is 5.78. The minimum Gasteiger partial charge on any atom is -0.491 e. The topological polar surface area (TPSA) is 65.0 Å². The van der Waals surface area contributed by atoms with Crippen LogP contribution >= 0.6 is 0 Å². The van der Waals surface area contributed by atoms with E-state index in [1.807, 2.05) is 24.3 Å². The summed E-state index contributed by atoms with van der Waals surface area (Å²) < 4.78 is 17.7. The third-order valence-corrected chi connectivity index (χ3v) is 8.43. The predicted octanol–water partition coefficient (Wildman–Crippen LogP) is 8.49. The molecule has 0 radical (unpaired) electrons. The molecule has 228 valence electrons. The van der Waals surface area contributed by atoms with Gasteiger partial charge in [0.1, 0.15) is 18.5 Å². The van der Waals surface area contributed by atoms with Gasteiger partial charge in [-0.3, -0.25) is 0 Å². The number of benzene rings is 4. The molecule has 1 aliphatic carbocycles. The smallest absolute Gasteiger partial charge is 0.333 e. The molecule has 4 aromatic carbocycles. The summed E-state index contributed by atoms with van der Waals surface area (Å²) in [7, 11) is 1.41. The Morgan fingerprint density at radius 3 is 2.30 bits per heavy atom. The molecule has 1 aliphatic rings. The Balaban J connectivity index is 1.33. The maximum atomic E-state index is 11.3. The normalized spacial score (nSPS) is 15.1. The van der Waals surface area contributed by atoms with Crippen LogP contribution in [-0.2, 0) is 27.1 Å². The van der Waals surface area contributed by atoms with Crippen molar-refractivity contribution in [3.8, 4) is 5.75 Å². The van der Waals surface area contributed by atoms with Crippen LogP contribution in [0.2, 0.25) is 0 Å². The van der Waals surface area contributed by atoms with Crippen LogP contribution in [-0.4, -0.2) is 37.5 Å². The van der Waals surface area contributed by atoms with Crippen molar-refractivity contribution in [2.24, 2.45) is 0 Å². The molecule has 0 heterocycles. The first kappa shape index (κ1) is 31.2. The zero-order valence-electron chi connectivity index (χ0n) is 25.9. The van der Waals surface area contributed by atoms with Gasteiger partial charge in [-0.25, -0.2) is 4.79 Å². The third-order valence-electron chi connectivity index (χ3n) is 8.43. The van der Waals surface area contributed by atoms with Gasteiger partial charge in [0.2, 0.25) is 0 Å². The van der Waals surface area contributed by atoms with Crippen molar-refractivity contribution in [1.29, 1.82) is 0 Å². The molecule has 0 amide bonds. The lowest BCUT2D eigenvalue weighted by Crippen LogP contribution is -2.24. The van der Waals surface area contributed by atoms with Crippen LogP contribution in [0, 0.1) is 0 Å². The number of carbonyl (C=O) groups is 1. The number of carboxylic acids is 1. The second-order valence-corrected chi connectivity index (χ2v) is 11.4. The lowest BCUT2D eigenvalue weighted by molar-refractivity contribution is -0.148. The maximum Gasteiger partial charge on any atom is 0.333 e. The molecule has 0 aliphatic heterocycles. The molecule has 0 spiro atoms. The number of aryl methyl sites for hydroxylation is 1. The Kier molecular flexibility index (Phi) is 10.7. The van der Waals surface area contributed by atoms with Gasteiger partial charge < -0.3 is 19.3 Å². The van der Waals surface area contributed by atoms with Gasteiger partial charge >= 0.3 is 5.97 Å². The second-order valence-electron chi connectivity index (χ2n) is 11.4. The van der Waals surface area contributed by atoms with Gasteiger partial charge in [0, 0.05) is 19.4 Å². The molecule has 5 rings (SSSR count). The number of carboxylic acid groups (broad SMARTS) is 1. The summed E-state index contributed by atoms with van der Waals surface area (Å²) in [5, 5.41) is 9.25. The van der Waals surface area contributed by atoms with Crippen LogP contribution in [0.5, 0.6) is 5.75 Å². The van der Waals surface area contributed by atoms with Crippen LogP contribution in [0.3, 0.4) is 0 Å². The largest absolute Gasteiger partial charge is 0.491 e. The monoisotopic (exact) mass is 590 g/mol. The second kappa shape index (κ2) is 15.0. The number of hydrogen-bond acceptors (Lipinski definition) is 4. The van der Waals surface area contributed by atoms with Gasteiger partial charge in [-0.15, -0.1) is 0 Å². The van der Waals surface area contributed by atoms with Crippen LogP contribution in [0.25, 0.3) is 12.2 Å². The van der Waals surface area contributed by atoms with Crippen molar-refractivity contribution in [3.63, 3.8) is 0 Å². The molecule has 5 heteroatoms. The van der Waals surface area contributed by atoms with Gasteiger partial charge in [-0.2, -0.15) is 0 Å². The Morgan fingerprint density at radius 1 is 0.818 bits per heavy atom. The molecule has 0 bridgehead atoms. The number of rotatable bonds is 14. The number of hydrogen-bond donors (Lipinski definition) is 1. The molecule has 0 saturated heterocycles. The quantitative estimate of drug-likeness (QED) is 0.149. The third kappa shape index (κ3) is 7.65. The molecule has 44 heavy (non-hydrogen) atoms. The number of ether oxygens (including phenoxy) is 3. The van der Waals surface area contributed by atoms with E-state index in [1.54, 1.807) is 0 Å². The van der Waals surface area contributed by atoms with Crippen molar-refractivity contribution >= 4 is 18.1 Å². The van der Waals surface area contributed by atoms with E-state index in [4.69, 9.17) is 14.2 Å². The van der Waals surface area contributed by atoms with Crippen LogP contribution in [0.4, 0.5) is 0 Å². The summed E-state index contributed by atoms with van der Waals surface area (Å²) in [5.74, 6) is 0.0254. The standard InChI is InChI=1S/C39H42O5/c1-4-5-9-28-12-15-31-16-17-33-26-32(27(2)30-10-7-6-8-11-30)18-21-35(33)38(36(31)24-28)44-23-22-43-34-19-13-29(14-20-34)25-37(42-3)39(40)41/h6-8,10-21,24,26-27,37-38H,4-5,9,22-23,25H2,1-3H3,(H,40,41). The van der Waals surface area contributed by atoms with Crippen LogP contribution < -0.4 is 4.74 Å². The van der Waals surface area contributed by atoms with Crippen LogP contribution in [0.15, 0.2) is 91.0 Å². The molecule has 5 nitrogen and oxygen atoms in total. The van der Waals surface area contributed by atoms with Crippen molar-refractivity contribution in [2.45, 2.75) is 57.7 Å². The van der Waals surface area contributed by atoms with E-state index < -0.39 is 12.1 Å². The van der Waals surface area contributed by atoms with Gasteiger partial charge in [0.25, 0.3) is 0 Å². The molecule has 3 unspecified atom stereocenters. The average Bonchev–Trinajstić information content (AvgIpc) is 3.21. The fraction of sp³-hybridized carbons (Fsp3) is 0.308. The van der Waals surface area contributed by atoms with Crippen molar-refractivity contribution in [3.05, 3.63) is 136 Å². The molecule has 3 atom stereocenters. The Morgan fingerprint density at radius 2 is 1.57 bits per heavy atom. The summed E-state index contributed by atoms with van der Waals surface area (Å²) >= 11 is 0. The summed E-state index contributed by atoms with van der Waals surface area (Å²) in [6.45, 7) is 5.29. The molecule has 0 aromatic heterocycles. The molecule has 1 N–H and O–H groups in total. The lowest BCUT2D eigenvalue weighted by atomic mass is 9.88. The van der Waals surface area contributed by atoms with Gasteiger partial charge in [0.05, 0.1) is 6.61 Å². The van der Waals surface area contributed by atoms with Crippen LogP contribution in [0.1, 0.15) is 83.2 Å². The molecular weight excluding hydrogens is 548 g/mol. The zero-order valence-corrected chi connectivity index (χ0v) is 25.9. The van der Waals surface area contributed by atoms with E-state index >= 15 is 0 Å². The van der Waals surface area contributed by atoms with Crippen molar-refractivity contribution < 1.29 is 24.1 Å².